The first-order chi connectivity index (χ1) is 13.8. The molecule has 0 unspecified atom stereocenters. The number of carbonyl (C=O) groups excluding carboxylic acids is 1. The largest absolute Gasteiger partial charge is 0.410 e. The molecule has 1 aliphatic carbocycles. The van der Waals surface area contributed by atoms with E-state index in [0.29, 0.717) is 36.9 Å². The van der Waals surface area contributed by atoms with Crippen molar-refractivity contribution in [2.24, 2.45) is 11.8 Å². The molecule has 1 saturated heterocycles. The van der Waals surface area contributed by atoms with Crippen LogP contribution in [0.25, 0.3) is 0 Å². The quantitative estimate of drug-likeness (QED) is 0.781. The number of halogens is 3. The first kappa shape index (κ1) is 20.5. The average molecular weight is 413 g/mol. The van der Waals surface area contributed by atoms with Gasteiger partial charge in [-0.15, -0.1) is 0 Å². The maximum atomic E-state index is 13.6. The summed E-state index contributed by atoms with van der Waals surface area (Å²) in [5, 5.41) is 7.34. The van der Waals surface area contributed by atoms with Gasteiger partial charge in [-0.25, -0.2) is 4.68 Å². The molecule has 2 fully saturated rings. The lowest BCUT2D eigenvalue weighted by Crippen LogP contribution is -2.47. The molecule has 1 saturated carbocycles. The molecule has 2 atom stereocenters. The van der Waals surface area contributed by atoms with Crippen LogP contribution in [0.3, 0.4) is 0 Å². The minimum absolute atomic E-state index is 0.00207. The van der Waals surface area contributed by atoms with Gasteiger partial charge in [0.2, 0.25) is 5.91 Å². The van der Waals surface area contributed by atoms with Crippen LogP contribution in [0.5, 0.6) is 0 Å². The fraction of sp³-hybridized carbons (Fsp3) is 0.810. The van der Waals surface area contributed by atoms with Crippen LogP contribution in [-0.4, -0.2) is 45.9 Å². The van der Waals surface area contributed by atoms with Crippen molar-refractivity contribution in [3.63, 3.8) is 0 Å². The summed E-state index contributed by atoms with van der Waals surface area (Å²) in [7, 11) is 0. The second-order valence-corrected chi connectivity index (χ2v) is 9.07. The summed E-state index contributed by atoms with van der Waals surface area (Å²) in [6.45, 7) is 3.02. The number of aryl methyl sites for hydroxylation is 1. The summed E-state index contributed by atoms with van der Waals surface area (Å²) in [5.41, 5.74) is 0.588. The van der Waals surface area contributed by atoms with E-state index in [2.05, 4.69) is 10.4 Å². The SMILES string of the molecule is Cc1cc2n(n1)[C@@H](C(F)(F)F)C[C@@H](C1CCN(C(=O)CCC3CCCC3)CC1)N2. The van der Waals surface area contributed by atoms with Crippen LogP contribution in [0.15, 0.2) is 6.07 Å². The molecule has 1 N–H and O–H groups in total. The topological polar surface area (TPSA) is 50.2 Å². The highest BCUT2D eigenvalue weighted by atomic mass is 19.4. The van der Waals surface area contributed by atoms with Crippen molar-refractivity contribution in [2.75, 3.05) is 18.4 Å². The minimum Gasteiger partial charge on any atom is -0.367 e. The van der Waals surface area contributed by atoms with Gasteiger partial charge in [-0.1, -0.05) is 25.7 Å². The third-order valence-corrected chi connectivity index (χ3v) is 7.04. The number of hydrogen-bond donors (Lipinski definition) is 1. The third kappa shape index (κ3) is 4.56. The van der Waals surface area contributed by atoms with E-state index in [1.165, 1.54) is 25.7 Å². The Morgan fingerprint density at radius 2 is 1.90 bits per heavy atom. The van der Waals surface area contributed by atoms with Gasteiger partial charge in [0.05, 0.1) is 5.69 Å². The first-order valence-corrected chi connectivity index (χ1v) is 11.0. The highest BCUT2D eigenvalue weighted by molar-refractivity contribution is 5.76. The summed E-state index contributed by atoms with van der Waals surface area (Å²) in [4.78, 5) is 14.5. The smallest absolute Gasteiger partial charge is 0.367 e. The Kier molecular flexibility index (Phi) is 5.80. The van der Waals surface area contributed by atoms with Crippen LogP contribution in [0.1, 0.15) is 69.5 Å². The summed E-state index contributed by atoms with van der Waals surface area (Å²) in [6, 6.07) is -0.128. The maximum Gasteiger partial charge on any atom is 0.410 e. The number of amides is 1. The molecule has 162 valence electrons. The molecule has 29 heavy (non-hydrogen) atoms. The number of nitrogens with one attached hydrogen (secondary N) is 1. The molecule has 0 aromatic carbocycles. The van der Waals surface area contributed by atoms with Crippen molar-refractivity contribution in [2.45, 2.75) is 83.0 Å². The van der Waals surface area contributed by atoms with E-state index in [9.17, 15) is 18.0 Å². The molecule has 1 aromatic heterocycles. The molecular weight excluding hydrogens is 381 g/mol. The van der Waals surface area contributed by atoms with Gasteiger partial charge in [0.15, 0.2) is 6.04 Å². The number of aromatic nitrogens is 2. The van der Waals surface area contributed by atoms with E-state index >= 15 is 0 Å². The van der Waals surface area contributed by atoms with Crippen molar-refractivity contribution in [1.82, 2.24) is 14.7 Å². The van der Waals surface area contributed by atoms with Gasteiger partial charge in [-0.3, -0.25) is 4.79 Å². The Morgan fingerprint density at radius 3 is 2.55 bits per heavy atom. The molecule has 8 heteroatoms. The Hall–Kier alpha value is -1.73. The standard InChI is InChI=1S/C21H31F3N4O/c1-14-12-19-25-17(13-18(21(22,23)24)28(19)26-14)16-8-10-27(11-9-16)20(29)7-6-15-4-2-3-5-15/h12,15-18,25H,2-11,13H2,1H3/t17-,18+/m0/s1. The Bertz CT molecular complexity index is 718. The van der Waals surface area contributed by atoms with Crippen LogP contribution >= 0.6 is 0 Å². The number of rotatable bonds is 4. The van der Waals surface area contributed by atoms with Crippen LogP contribution in [0, 0.1) is 18.8 Å². The predicted molar refractivity (Wildman–Crippen MR) is 105 cm³/mol. The zero-order valence-electron chi connectivity index (χ0n) is 17.0. The molecule has 0 spiro atoms. The van der Waals surface area contributed by atoms with E-state index in [1.54, 1.807) is 13.0 Å². The van der Waals surface area contributed by atoms with E-state index in [-0.39, 0.29) is 24.3 Å². The van der Waals surface area contributed by atoms with Gasteiger partial charge in [0, 0.05) is 31.6 Å². The second-order valence-electron chi connectivity index (χ2n) is 9.07. The van der Waals surface area contributed by atoms with E-state index < -0.39 is 12.2 Å². The van der Waals surface area contributed by atoms with Crippen molar-refractivity contribution in [3.8, 4) is 0 Å². The molecule has 3 heterocycles. The predicted octanol–water partition coefficient (Wildman–Crippen LogP) is 4.69. The lowest BCUT2D eigenvalue weighted by molar-refractivity contribution is -0.174. The summed E-state index contributed by atoms with van der Waals surface area (Å²) in [5.74, 6) is 1.52. The number of fused-ring (bicyclic) bond motifs is 1. The molecule has 0 radical (unpaired) electrons. The van der Waals surface area contributed by atoms with Crippen molar-refractivity contribution in [1.29, 1.82) is 0 Å². The number of carbonyl (C=O) groups is 1. The summed E-state index contributed by atoms with van der Waals surface area (Å²) >= 11 is 0. The second kappa shape index (κ2) is 8.19. The Morgan fingerprint density at radius 1 is 1.21 bits per heavy atom. The van der Waals surface area contributed by atoms with Crippen LogP contribution < -0.4 is 5.32 Å². The van der Waals surface area contributed by atoms with Crippen LogP contribution in [0.4, 0.5) is 19.0 Å². The Labute approximate surface area is 170 Å². The summed E-state index contributed by atoms with van der Waals surface area (Å²) in [6.07, 6.45) is 3.87. The molecule has 1 aromatic rings. The zero-order chi connectivity index (χ0) is 20.6. The fourth-order valence-corrected chi connectivity index (χ4v) is 5.37. The average Bonchev–Trinajstić information content (AvgIpc) is 3.33. The van der Waals surface area contributed by atoms with Crippen molar-refractivity contribution < 1.29 is 18.0 Å². The lowest BCUT2D eigenvalue weighted by atomic mass is 9.84. The van der Waals surface area contributed by atoms with Crippen molar-refractivity contribution >= 4 is 11.7 Å². The van der Waals surface area contributed by atoms with Crippen LogP contribution in [-0.2, 0) is 4.79 Å². The fourth-order valence-electron chi connectivity index (χ4n) is 5.37. The molecule has 3 aliphatic rings. The number of nitrogens with zero attached hydrogens (tertiary/aromatic N) is 3. The zero-order valence-corrected chi connectivity index (χ0v) is 17.0. The van der Waals surface area contributed by atoms with Gasteiger partial charge in [0.1, 0.15) is 5.82 Å². The minimum atomic E-state index is -4.32. The third-order valence-electron chi connectivity index (χ3n) is 7.04. The van der Waals surface area contributed by atoms with E-state index in [4.69, 9.17) is 0 Å². The number of piperidine rings is 1. The first-order valence-electron chi connectivity index (χ1n) is 11.0. The lowest BCUT2D eigenvalue weighted by Gasteiger charge is -2.41. The Balaban J connectivity index is 1.33. The van der Waals surface area contributed by atoms with Gasteiger partial charge < -0.3 is 10.2 Å². The van der Waals surface area contributed by atoms with Gasteiger partial charge in [0.25, 0.3) is 0 Å². The van der Waals surface area contributed by atoms with Gasteiger partial charge >= 0.3 is 6.18 Å². The monoisotopic (exact) mass is 412 g/mol. The number of anilines is 1. The van der Waals surface area contributed by atoms with Crippen LogP contribution in [0.2, 0.25) is 0 Å². The normalized spacial score (nSPS) is 26.4. The van der Waals surface area contributed by atoms with E-state index in [0.717, 1.165) is 23.9 Å². The van der Waals surface area contributed by atoms with Gasteiger partial charge in [-0.05, 0) is 44.4 Å². The molecular formula is C21H31F3N4O. The number of alkyl halides is 3. The molecule has 1 amide bonds. The number of hydrogen-bond acceptors (Lipinski definition) is 3. The van der Waals surface area contributed by atoms with Gasteiger partial charge in [-0.2, -0.15) is 18.3 Å². The van der Waals surface area contributed by atoms with E-state index in [1.807, 2.05) is 4.90 Å². The summed E-state index contributed by atoms with van der Waals surface area (Å²) < 4.78 is 41.9. The number of likely N-dealkylation sites (tertiary alicyclic amines) is 1. The molecule has 4 rings (SSSR count). The maximum absolute atomic E-state index is 13.6. The highest BCUT2D eigenvalue weighted by Crippen LogP contribution is 2.42. The molecule has 5 nitrogen and oxygen atoms in total. The molecule has 2 aliphatic heterocycles. The highest BCUT2D eigenvalue weighted by Gasteiger charge is 2.47. The molecule has 0 bridgehead atoms. The van der Waals surface area contributed by atoms with Crippen molar-refractivity contribution in [3.05, 3.63) is 11.8 Å².